The summed E-state index contributed by atoms with van der Waals surface area (Å²) in [6.07, 6.45) is 0. The number of esters is 2. The van der Waals surface area contributed by atoms with Gasteiger partial charge in [-0.15, -0.1) is 0 Å². The molecule has 3 rings (SSSR count). The molecule has 9 heteroatoms. The van der Waals surface area contributed by atoms with Gasteiger partial charge in [-0.1, -0.05) is 42.5 Å². The van der Waals surface area contributed by atoms with Crippen molar-refractivity contribution in [3.05, 3.63) is 88.2 Å². The van der Waals surface area contributed by atoms with E-state index in [0.717, 1.165) is 5.56 Å². The van der Waals surface area contributed by atoms with Crippen LogP contribution in [0.5, 0.6) is 0 Å². The number of para-hydroxylation sites is 1. The van der Waals surface area contributed by atoms with Crippen LogP contribution in [0.3, 0.4) is 0 Å². The molecule has 182 valence electrons. The third-order valence-corrected chi connectivity index (χ3v) is 5.46. The van der Waals surface area contributed by atoms with E-state index in [-0.39, 0.29) is 34.5 Å². The highest BCUT2D eigenvalue weighted by Crippen LogP contribution is 2.20. The number of methoxy groups -OCH3 is 1. The zero-order valence-electron chi connectivity index (χ0n) is 19.9. The predicted octanol–water partition coefficient (Wildman–Crippen LogP) is 3.70. The van der Waals surface area contributed by atoms with Crippen LogP contribution in [0.4, 0.5) is 5.69 Å². The van der Waals surface area contributed by atoms with Gasteiger partial charge >= 0.3 is 11.9 Å². The summed E-state index contributed by atoms with van der Waals surface area (Å²) < 4.78 is 9.84. The number of amides is 2. The van der Waals surface area contributed by atoms with Gasteiger partial charge in [0.1, 0.15) is 5.69 Å². The standard InChI is InChI=1S/C26H27N3O6/c1-15-22(25(32)34-4)17(3)27-23(15)26(33)35-14-21(30)29-20-13-9-8-12-19(20)24(31)28-16(2)18-10-6-5-7-11-18/h5-13,16,27H,14H2,1-4H3,(H,28,31)(H,29,30)/t16-/m0/s1. The number of aromatic amines is 1. The molecule has 1 atom stereocenters. The Morgan fingerprint density at radius 3 is 2.29 bits per heavy atom. The number of anilines is 1. The molecular formula is C26H27N3O6. The average molecular weight is 478 g/mol. The van der Waals surface area contributed by atoms with Crippen LogP contribution in [0.1, 0.15) is 61.0 Å². The molecule has 9 nitrogen and oxygen atoms in total. The summed E-state index contributed by atoms with van der Waals surface area (Å²) >= 11 is 0. The fraction of sp³-hybridized carbons (Fsp3) is 0.231. The zero-order valence-corrected chi connectivity index (χ0v) is 19.9. The number of hydrogen-bond donors (Lipinski definition) is 3. The van der Waals surface area contributed by atoms with Gasteiger partial charge in [0, 0.05) is 5.69 Å². The molecule has 1 aromatic heterocycles. The van der Waals surface area contributed by atoms with Crippen molar-refractivity contribution in [3.63, 3.8) is 0 Å². The summed E-state index contributed by atoms with van der Waals surface area (Å²) in [4.78, 5) is 52.5. The van der Waals surface area contributed by atoms with Gasteiger partial charge in [-0.2, -0.15) is 0 Å². The predicted molar refractivity (Wildman–Crippen MR) is 129 cm³/mol. The largest absolute Gasteiger partial charge is 0.465 e. The van der Waals surface area contributed by atoms with Gasteiger partial charge in [-0.05, 0) is 44.0 Å². The normalized spacial score (nSPS) is 11.3. The molecule has 2 amide bonds. The minimum atomic E-state index is -0.793. The number of rotatable bonds is 8. The molecule has 0 fully saturated rings. The molecule has 2 aromatic carbocycles. The van der Waals surface area contributed by atoms with Gasteiger partial charge < -0.3 is 25.1 Å². The van der Waals surface area contributed by atoms with E-state index in [0.29, 0.717) is 11.3 Å². The number of carbonyl (C=O) groups is 4. The summed E-state index contributed by atoms with van der Waals surface area (Å²) in [6, 6.07) is 15.8. The fourth-order valence-electron chi connectivity index (χ4n) is 3.64. The first-order valence-corrected chi connectivity index (χ1v) is 10.9. The van der Waals surface area contributed by atoms with Gasteiger partial charge in [0.05, 0.1) is 30.0 Å². The van der Waals surface area contributed by atoms with E-state index in [2.05, 4.69) is 15.6 Å². The number of aromatic nitrogens is 1. The molecule has 0 saturated heterocycles. The monoisotopic (exact) mass is 477 g/mol. The van der Waals surface area contributed by atoms with Crippen LogP contribution in [0.2, 0.25) is 0 Å². The van der Waals surface area contributed by atoms with Crippen molar-refractivity contribution in [1.29, 1.82) is 0 Å². The van der Waals surface area contributed by atoms with E-state index in [4.69, 9.17) is 9.47 Å². The van der Waals surface area contributed by atoms with Crippen LogP contribution in [-0.2, 0) is 14.3 Å². The molecule has 1 heterocycles. The van der Waals surface area contributed by atoms with Crippen molar-refractivity contribution in [2.75, 3.05) is 19.0 Å². The minimum absolute atomic E-state index is 0.0605. The molecule has 0 aliphatic rings. The molecule has 35 heavy (non-hydrogen) atoms. The number of H-pyrrole nitrogens is 1. The van der Waals surface area contributed by atoms with Crippen LogP contribution in [-0.4, -0.2) is 42.5 Å². The van der Waals surface area contributed by atoms with Crippen LogP contribution in [0.25, 0.3) is 0 Å². The molecule has 0 aliphatic carbocycles. The number of aryl methyl sites for hydroxylation is 1. The molecule has 3 aromatic rings. The lowest BCUT2D eigenvalue weighted by atomic mass is 10.1. The Morgan fingerprint density at radius 2 is 1.60 bits per heavy atom. The van der Waals surface area contributed by atoms with Gasteiger partial charge in [0.2, 0.25) is 0 Å². The van der Waals surface area contributed by atoms with E-state index in [1.165, 1.54) is 7.11 Å². The maximum atomic E-state index is 12.8. The highest BCUT2D eigenvalue weighted by atomic mass is 16.5. The van der Waals surface area contributed by atoms with Crippen molar-refractivity contribution in [3.8, 4) is 0 Å². The first-order valence-electron chi connectivity index (χ1n) is 10.9. The SMILES string of the molecule is COC(=O)c1c(C)[nH]c(C(=O)OCC(=O)Nc2ccccc2C(=O)N[C@@H](C)c2ccccc2)c1C. The Hall–Kier alpha value is -4.40. The number of benzene rings is 2. The average Bonchev–Trinajstić information content (AvgIpc) is 3.16. The Morgan fingerprint density at radius 1 is 0.943 bits per heavy atom. The summed E-state index contributed by atoms with van der Waals surface area (Å²) in [5, 5.41) is 5.52. The molecular weight excluding hydrogens is 450 g/mol. The van der Waals surface area contributed by atoms with Crippen molar-refractivity contribution in [1.82, 2.24) is 10.3 Å². The second-order valence-electron chi connectivity index (χ2n) is 7.89. The van der Waals surface area contributed by atoms with E-state index in [9.17, 15) is 19.2 Å². The first-order chi connectivity index (χ1) is 16.7. The molecule has 0 saturated carbocycles. The lowest BCUT2D eigenvalue weighted by Crippen LogP contribution is -2.28. The third kappa shape index (κ3) is 5.94. The first kappa shape index (κ1) is 25.2. The number of hydrogen-bond acceptors (Lipinski definition) is 6. The number of carbonyl (C=O) groups excluding carboxylic acids is 4. The van der Waals surface area contributed by atoms with Crippen LogP contribution in [0.15, 0.2) is 54.6 Å². The van der Waals surface area contributed by atoms with Crippen LogP contribution in [0, 0.1) is 13.8 Å². The van der Waals surface area contributed by atoms with E-state index < -0.39 is 24.5 Å². The van der Waals surface area contributed by atoms with Crippen molar-refractivity contribution in [2.24, 2.45) is 0 Å². The van der Waals surface area contributed by atoms with Crippen molar-refractivity contribution < 1.29 is 28.7 Å². The maximum Gasteiger partial charge on any atom is 0.355 e. The van der Waals surface area contributed by atoms with Gasteiger partial charge in [0.15, 0.2) is 6.61 Å². The maximum absolute atomic E-state index is 12.8. The Balaban J connectivity index is 1.64. The van der Waals surface area contributed by atoms with Gasteiger partial charge in [-0.3, -0.25) is 9.59 Å². The topological polar surface area (TPSA) is 127 Å². The number of nitrogens with one attached hydrogen (secondary N) is 3. The van der Waals surface area contributed by atoms with Crippen LogP contribution < -0.4 is 10.6 Å². The Kier molecular flexibility index (Phi) is 8.04. The lowest BCUT2D eigenvalue weighted by molar-refractivity contribution is -0.119. The summed E-state index contributed by atoms with van der Waals surface area (Å²) in [6.45, 7) is 4.49. The highest BCUT2D eigenvalue weighted by molar-refractivity contribution is 6.05. The van der Waals surface area contributed by atoms with Gasteiger partial charge in [0.25, 0.3) is 11.8 Å². The van der Waals surface area contributed by atoms with Crippen molar-refractivity contribution in [2.45, 2.75) is 26.8 Å². The minimum Gasteiger partial charge on any atom is -0.465 e. The second-order valence-corrected chi connectivity index (χ2v) is 7.89. The van der Waals surface area contributed by atoms with Gasteiger partial charge in [-0.25, -0.2) is 9.59 Å². The summed E-state index contributed by atoms with van der Waals surface area (Å²) in [5.41, 5.74) is 2.63. The van der Waals surface area contributed by atoms with E-state index in [1.807, 2.05) is 37.3 Å². The molecule has 3 N–H and O–H groups in total. The second kappa shape index (κ2) is 11.1. The molecule has 0 aliphatic heterocycles. The highest BCUT2D eigenvalue weighted by Gasteiger charge is 2.24. The quantitative estimate of drug-likeness (QED) is 0.425. The Labute approximate surface area is 202 Å². The fourth-order valence-corrected chi connectivity index (χ4v) is 3.64. The number of ether oxygens (including phenoxy) is 2. The molecule has 0 spiro atoms. The molecule has 0 bridgehead atoms. The van der Waals surface area contributed by atoms with E-state index in [1.54, 1.807) is 38.1 Å². The summed E-state index contributed by atoms with van der Waals surface area (Å²) in [7, 11) is 1.25. The third-order valence-electron chi connectivity index (χ3n) is 5.46. The van der Waals surface area contributed by atoms with Crippen molar-refractivity contribution >= 4 is 29.4 Å². The molecule has 0 unspecified atom stereocenters. The lowest BCUT2D eigenvalue weighted by Gasteiger charge is -2.16. The zero-order chi connectivity index (χ0) is 25.5. The molecule has 0 radical (unpaired) electrons. The Bertz CT molecular complexity index is 1250. The van der Waals surface area contributed by atoms with Crippen LogP contribution >= 0.6 is 0 Å². The summed E-state index contributed by atoms with van der Waals surface area (Å²) in [5.74, 6) is -2.35. The van der Waals surface area contributed by atoms with E-state index >= 15 is 0 Å². The smallest absolute Gasteiger partial charge is 0.355 e.